The minimum absolute atomic E-state index is 0.275. The fourth-order valence-corrected chi connectivity index (χ4v) is 1.63. The van der Waals surface area contributed by atoms with Crippen LogP contribution in [0.2, 0.25) is 0 Å². The molecule has 0 aromatic heterocycles. The molecular formula is C15H22. The normalized spacial score (nSPS) is 14.5. The Labute approximate surface area is 94.0 Å². The zero-order chi connectivity index (χ0) is 11.5. The fraction of sp³-hybridized carbons (Fsp3) is 0.467. The smallest absolute Gasteiger partial charge is 0.000762 e. The highest BCUT2D eigenvalue weighted by Gasteiger charge is 2.07. The Bertz CT molecular complexity index is 339. The number of hydrogen-bond acceptors (Lipinski definition) is 0. The summed E-state index contributed by atoms with van der Waals surface area (Å²) in [7, 11) is 0. The van der Waals surface area contributed by atoms with Gasteiger partial charge in [0, 0.05) is 0 Å². The second-order valence-electron chi connectivity index (χ2n) is 5.37. The maximum absolute atomic E-state index is 2.31. The maximum Gasteiger partial charge on any atom is -0.000762 e. The molecule has 0 heteroatoms. The number of aryl methyl sites for hydroxylation is 1. The first-order valence-corrected chi connectivity index (χ1v) is 5.65. The van der Waals surface area contributed by atoms with Gasteiger partial charge in [0.25, 0.3) is 0 Å². The van der Waals surface area contributed by atoms with E-state index >= 15 is 0 Å². The van der Waals surface area contributed by atoms with Gasteiger partial charge in [0.05, 0.1) is 0 Å². The lowest BCUT2D eigenvalue weighted by Crippen LogP contribution is -2.00. The quantitative estimate of drug-likeness (QED) is 0.610. The van der Waals surface area contributed by atoms with E-state index < -0.39 is 0 Å². The van der Waals surface area contributed by atoms with Gasteiger partial charge in [0.15, 0.2) is 0 Å². The van der Waals surface area contributed by atoms with Crippen LogP contribution < -0.4 is 0 Å². The third-order valence-corrected chi connectivity index (χ3v) is 2.56. The summed E-state index contributed by atoms with van der Waals surface area (Å²) in [6.45, 7) is 11.1. The summed E-state index contributed by atoms with van der Waals surface area (Å²) < 4.78 is 0. The molecule has 0 amide bonds. The van der Waals surface area contributed by atoms with Crippen molar-refractivity contribution in [2.75, 3.05) is 0 Å². The molecule has 0 spiro atoms. The lowest BCUT2D eigenvalue weighted by Gasteiger charge is -2.15. The van der Waals surface area contributed by atoms with Crippen LogP contribution in [0.1, 0.15) is 44.7 Å². The Morgan fingerprint density at radius 3 is 2.27 bits per heavy atom. The first kappa shape index (κ1) is 12.0. The molecule has 0 saturated carbocycles. The van der Waals surface area contributed by atoms with Crippen molar-refractivity contribution in [3.8, 4) is 0 Å². The summed E-state index contributed by atoms with van der Waals surface area (Å²) in [5, 5.41) is 0. The summed E-state index contributed by atoms with van der Waals surface area (Å²) in [4.78, 5) is 0. The van der Waals surface area contributed by atoms with Crippen LogP contribution in [0.5, 0.6) is 0 Å². The van der Waals surface area contributed by atoms with Gasteiger partial charge in [0.1, 0.15) is 0 Å². The van der Waals surface area contributed by atoms with E-state index in [0.717, 1.165) is 0 Å². The molecule has 0 aliphatic carbocycles. The van der Waals surface area contributed by atoms with Crippen LogP contribution in [0.3, 0.4) is 0 Å². The van der Waals surface area contributed by atoms with Crippen LogP contribution in [0, 0.1) is 12.3 Å². The van der Waals surface area contributed by atoms with E-state index in [4.69, 9.17) is 0 Å². The Morgan fingerprint density at radius 2 is 1.73 bits per heavy atom. The number of hydrogen-bond donors (Lipinski definition) is 0. The lowest BCUT2D eigenvalue weighted by molar-refractivity contribution is 0.541. The van der Waals surface area contributed by atoms with Crippen molar-refractivity contribution in [1.29, 1.82) is 0 Å². The highest BCUT2D eigenvalue weighted by atomic mass is 14.1. The third-order valence-electron chi connectivity index (χ3n) is 2.56. The van der Waals surface area contributed by atoms with Crippen LogP contribution >= 0.6 is 0 Å². The SMILES string of the molecule is Cc1ccccc1C(C)/C=C\C(C)(C)C. The summed E-state index contributed by atoms with van der Waals surface area (Å²) >= 11 is 0. The molecule has 1 atom stereocenters. The fourth-order valence-electron chi connectivity index (χ4n) is 1.63. The van der Waals surface area contributed by atoms with Gasteiger partial charge in [0.2, 0.25) is 0 Å². The molecule has 1 aromatic carbocycles. The van der Waals surface area contributed by atoms with Gasteiger partial charge >= 0.3 is 0 Å². The van der Waals surface area contributed by atoms with Crippen molar-refractivity contribution in [1.82, 2.24) is 0 Å². The maximum atomic E-state index is 2.31. The average Bonchev–Trinajstić information content (AvgIpc) is 2.14. The lowest BCUT2D eigenvalue weighted by atomic mass is 9.91. The monoisotopic (exact) mass is 202 g/mol. The molecule has 15 heavy (non-hydrogen) atoms. The van der Waals surface area contributed by atoms with E-state index in [-0.39, 0.29) is 5.41 Å². The summed E-state index contributed by atoms with van der Waals surface area (Å²) in [5.74, 6) is 0.505. The zero-order valence-electron chi connectivity index (χ0n) is 10.5. The molecule has 0 fully saturated rings. The molecule has 0 N–H and O–H groups in total. The van der Waals surface area contributed by atoms with E-state index in [2.05, 4.69) is 71.0 Å². The summed E-state index contributed by atoms with van der Waals surface area (Å²) in [6, 6.07) is 8.60. The first-order valence-electron chi connectivity index (χ1n) is 5.65. The van der Waals surface area contributed by atoms with Crippen molar-refractivity contribution in [2.24, 2.45) is 5.41 Å². The van der Waals surface area contributed by atoms with E-state index in [1.807, 2.05) is 0 Å². The zero-order valence-corrected chi connectivity index (χ0v) is 10.5. The number of rotatable bonds is 2. The molecule has 0 saturated heterocycles. The van der Waals surface area contributed by atoms with E-state index in [0.29, 0.717) is 5.92 Å². The highest BCUT2D eigenvalue weighted by molar-refractivity contribution is 5.31. The molecule has 1 rings (SSSR count). The van der Waals surface area contributed by atoms with Crippen LogP contribution in [-0.2, 0) is 0 Å². The Kier molecular flexibility index (Phi) is 3.73. The van der Waals surface area contributed by atoms with Crippen molar-refractivity contribution in [3.05, 3.63) is 47.5 Å². The number of allylic oxidation sites excluding steroid dienone is 2. The molecule has 82 valence electrons. The van der Waals surface area contributed by atoms with Gasteiger partial charge in [-0.15, -0.1) is 0 Å². The second kappa shape index (κ2) is 4.65. The minimum atomic E-state index is 0.275. The standard InChI is InChI=1S/C15H22/c1-12-8-6-7-9-14(12)13(2)10-11-15(3,4)5/h6-11,13H,1-5H3/b11-10-. The van der Waals surface area contributed by atoms with Crippen molar-refractivity contribution in [3.63, 3.8) is 0 Å². The molecule has 1 aromatic rings. The van der Waals surface area contributed by atoms with Crippen molar-refractivity contribution in [2.45, 2.75) is 40.5 Å². The molecule has 0 nitrogen and oxygen atoms in total. The van der Waals surface area contributed by atoms with Crippen molar-refractivity contribution >= 4 is 0 Å². The Hall–Kier alpha value is -1.04. The predicted molar refractivity (Wildman–Crippen MR) is 68.2 cm³/mol. The van der Waals surface area contributed by atoms with E-state index in [1.165, 1.54) is 11.1 Å². The Morgan fingerprint density at radius 1 is 1.13 bits per heavy atom. The molecule has 0 radical (unpaired) electrons. The highest BCUT2D eigenvalue weighted by Crippen LogP contribution is 2.23. The largest absolute Gasteiger partial charge is 0.0825 e. The third kappa shape index (κ3) is 3.91. The first-order chi connectivity index (χ1) is 6.90. The van der Waals surface area contributed by atoms with Crippen LogP contribution in [0.4, 0.5) is 0 Å². The topological polar surface area (TPSA) is 0 Å². The van der Waals surface area contributed by atoms with Gasteiger partial charge in [-0.2, -0.15) is 0 Å². The van der Waals surface area contributed by atoms with Gasteiger partial charge in [-0.25, -0.2) is 0 Å². The van der Waals surface area contributed by atoms with Gasteiger partial charge in [-0.3, -0.25) is 0 Å². The van der Waals surface area contributed by atoms with Crippen molar-refractivity contribution < 1.29 is 0 Å². The Balaban J connectivity index is 2.82. The van der Waals surface area contributed by atoms with E-state index in [9.17, 15) is 0 Å². The summed E-state index contributed by atoms with van der Waals surface area (Å²) in [6.07, 6.45) is 4.60. The van der Waals surface area contributed by atoms with Gasteiger partial charge in [-0.1, -0.05) is 64.1 Å². The average molecular weight is 202 g/mol. The van der Waals surface area contributed by atoms with Crippen LogP contribution in [0.15, 0.2) is 36.4 Å². The van der Waals surface area contributed by atoms with Crippen LogP contribution in [-0.4, -0.2) is 0 Å². The molecular weight excluding hydrogens is 180 g/mol. The van der Waals surface area contributed by atoms with Gasteiger partial charge in [-0.05, 0) is 29.4 Å². The van der Waals surface area contributed by atoms with Crippen LogP contribution in [0.25, 0.3) is 0 Å². The molecule has 0 aliphatic heterocycles. The molecule has 1 unspecified atom stereocenters. The summed E-state index contributed by atoms with van der Waals surface area (Å²) in [5.41, 5.74) is 3.08. The van der Waals surface area contributed by atoms with E-state index in [1.54, 1.807) is 0 Å². The van der Waals surface area contributed by atoms with Gasteiger partial charge < -0.3 is 0 Å². The second-order valence-corrected chi connectivity index (χ2v) is 5.37. The predicted octanol–water partition coefficient (Wildman–Crippen LogP) is 4.70. The molecule has 0 bridgehead atoms. The molecule has 0 aliphatic rings. The minimum Gasteiger partial charge on any atom is -0.0825 e. The molecule has 0 heterocycles. The number of benzene rings is 1.